The summed E-state index contributed by atoms with van der Waals surface area (Å²) in [6, 6.07) is 10.9. The Hall–Kier alpha value is -1.87. The van der Waals surface area contributed by atoms with E-state index in [2.05, 4.69) is 59.6 Å². The van der Waals surface area contributed by atoms with Crippen LogP contribution >= 0.6 is 0 Å². The second-order valence-corrected chi connectivity index (χ2v) is 5.31. The Balaban J connectivity index is 1.90. The van der Waals surface area contributed by atoms with E-state index < -0.39 is 0 Å². The van der Waals surface area contributed by atoms with Gasteiger partial charge in [0, 0.05) is 31.2 Å². The molecule has 1 saturated heterocycles. The summed E-state index contributed by atoms with van der Waals surface area (Å²) in [6.45, 7) is 5.34. The first-order chi connectivity index (χ1) is 9.84. The predicted molar refractivity (Wildman–Crippen MR) is 83.9 cm³/mol. The third-order valence-electron chi connectivity index (χ3n) is 3.81. The molecule has 2 aliphatic heterocycles. The van der Waals surface area contributed by atoms with Gasteiger partial charge in [0.25, 0.3) is 0 Å². The average molecular weight is 267 g/mol. The first-order valence-corrected chi connectivity index (χ1v) is 7.33. The second-order valence-electron chi connectivity index (χ2n) is 5.31. The molecule has 20 heavy (non-hydrogen) atoms. The van der Waals surface area contributed by atoms with Crippen LogP contribution in [0, 0.1) is 0 Å². The van der Waals surface area contributed by atoms with Crippen LogP contribution in [0.5, 0.6) is 0 Å². The topological polar surface area (TPSA) is 27.6 Å². The molecular formula is C17H21N3. The van der Waals surface area contributed by atoms with Gasteiger partial charge in [-0.25, -0.2) is 4.99 Å². The van der Waals surface area contributed by atoms with Crippen molar-refractivity contribution in [1.29, 1.82) is 0 Å². The van der Waals surface area contributed by atoms with Crippen LogP contribution in [0.3, 0.4) is 0 Å². The summed E-state index contributed by atoms with van der Waals surface area (Å²) >= 11 is 0. The summed E-state index contributed by atoms with van der Waals surface area (Å²) in [7, 11) is 0. The Bertz CT molecular complexity index is 543. The van der Waals surface area contributed by atoms with Gasteiger partial charge in [-0.05, 0) is 25.5 Å². The standard InChI is InChI=1S/C17H21N3/c1-14-13-18-11-12-20(14)17-10-6-5-9-16(19-17)15-7-3-2-4-8-15/h2-5,7-10,14,18H,6,11-13H2,1H3/t14-/m1/s1. The minimum absolute atomic E-state index is 0.494. The van der Waals surface area contributed by atoms with Gasteiger partial charge >= 0.3 is 0 Å². The molecule has 0 radical (unpaired) electrons. The van der Waals surface area contributed by atoms with E-state index >= 15 is 0 Å². The SMILES string of the molecule is C[C@@H]1CNCCN1C1=CCC=CC(c2ccccc2)=N1. The summed E-state index contributed by atoms with van der Waals surface area (Å²) in [4.78, 5) is 7.32. The first kappa shape index (κ1) is 13.1. The van der Waals surface area contributed by atoms with E-state index in [0.29, 0.717) is 6.04 Å². The second kappa shape index (κ2) is 6.06. The van der Waals surface area contributed by atoms with Gasteiger partial charge in [-0.1, -0.05) is 36.4 Å². The number of hydrogen-bond donors (Lipinski definition) is 1. The van der Waals surface area contributed by atoms with Gasteiger partial charge in [-0.2, -0.15) is 0 Å². The van der Waals surface area contributed by atoms with E-state index in [0.717, 1.165) is 37.6 Å². The Labute approximate surface area is 120 Å². The summed E-state index contributed by atoms with van der Waals surface area (Å²) in [5.41, 5.74) is 2.24. The van der Waals surface area contributed by atoms with Crippen molar-refractivity contribution >= 4 is 5.71 Å². The van der Waals surface area contributed by atoms with Crippen molar-refractivity contribution in [1.82, 2.24) is 10.2 Å². The van der Waals surface area contributed by atoms with Crippen molar-refractivity contribution in [3.8, 4) is 0 Å². The lowest BCUT2D eigenvalue weighted by molar-refractivity contribution is 0.221. The molecule has 1 N–H and O–H groups in total. The summed E-state index contributed by atoms with van der Waals surface area (Å²) in [5, 5.41) is 3.43. The molecule has 1 aromatic rings. The predicted octanol–water partition coefficient (Wildman–Crippen LogP) is 2.57. The number of allylic oxidation sites excluding steroid dienone is 3. The third kappa shape index (κ3) is 2.83. The number of benzene rings is 1. The highest BCUT2D eigenvalue weighted by Gasteiger charge is 2.20. The van der Waals surface area contributed by atoms with Crippen LogP contribution in [0.4, 0.5) is 0 Å². The summed E-state index contributed by atoms with van der Waals surface area (Å²) in [5.74, 6) is 1.11. The maximum Gasteiger partial charge on any atom is 0.125 e. The molecule has 0 bridgehead atoms. The van der Waals surface area contributed by atoms with Crippen molar-refractivity contribution in [2.45, 2.75) is 19.4 Å². The highest BCUT2D eigenvalue weighted by atomic mass is 15.3. The van der Waals surface area contributed by atoms with E-state index in [1.165, 1.54) is 5.56 Å². The molecule has 0 aliphatic carbocycles. The van der Waals surface area contributed by atoms with Crippen molar-refractivity contribution in [2.24, 2.45) is 4.99 Å². The van der Waals surface area contributed by atoms with Crippen LogP contribution in [0.15, 0.2) is 59.4 Å². The van der Waals surface area contributed by atoms with E-state index in [9.17, 15) is 0 Å². The Kier molecular flexibility index (Phi) is 3.97. The highest BCUT2D eigenvalue weighted by Crippen LogP contribution is 2.18. The molecule has 0 amide bonds. The molecule has 0 saturated carbocycles. The third-order valence-corrected chi connectivity index (χ3v) is 3.81. The van der Waals surface area contributed by atoms with Crippen LogP contribution in [0.1, 0.15) is 18.9 Å². The van der Waals surface area contributed by atoms with E-state index in [1.54, 1.807) is 0 Å². The molecule has 0 aromatic heterocycles. The number of rotatable bonds is 2. The molecule has 3 nitrogen and oxygen atoms in total. The van der Waals surface area contributed by atoms with Crippen LogP contribution in [-0.2, 0) is 0 Å². The zero-order valence-electron chi connectivity index (χ0n) is 11.9. The summed E-state index contributed by atoms with van der Waals surface area (Å²) < 4.78 is 0. The number of hydrogen-bond acceptors (Lipinski definition) is 3. The minimum Gasteiger partial charge on any atom is -0.352 e. The molecule has 104 valence electrons. The molecule has 1 aromatic carbocycles. The number of nitrogens with zero attached hydrogens (tertiary/aromatic N) is 2. The van der Waals surface area contributed by atoms with E-state index in [1.807, 2.05) is 6.07 Å². The lowest BCUT2D eigenvalue weighted by atomic mass is 10.1. The van der Waals surface area contributed by atoms with Gasteiger partial charge in [0.2, 0.25) is 0 Å². The normalized spacial score (nSPS) is 23.1. The molecular weight excluding hydrogens is 246 g/mol. The van der Waals surface area contributed by atoms with Gasteiger partial charge in [-0.3, -0.25) is 0 Å². The minimum atomic E-state index is 0.494. The Morgan fingerprint density at radius 3 is 2.90 bits per heavy atom. The zero-order valence-corrected chi connectivity index (χ0v) is 11.9. The maximum atomic E-state index is 4.91. The fourth-order valence-corrected chi connectivity index (χ4v) is 2.69. The molecule has 1 fully saturated rings. The lowest BCUT2D eigenvalue weighted by Crippen LogP contribution is -2.48. The maximum absolute atomic E-state index is 4.91. The van der Waals surface area contributed by atoms with Gasteiger partial charge in [-0.15, -0.1) is 0 Å². The van der Waals surface area contributed by atoms with Gasteiger partial charge in [0.1, 0.15) is 5.82 Å². The Morgan fingerprint density at radius 2 is 2.10 bits per heavy atom. The average Bonchev–Trinajstić information content (AvgIpc) is 2.75. The smallest absolute Gasteiger partial charge is 0.125 e. The quantitative estimate of drug-likeness (QED) is 0.892. The fraction of sp³-hybridized carbons (Fsp3) is 0.353. The first-order valence-electron chi connectivity index (χ1n) is 7.33. The van der Waals surface area contributed by atoms with E-state index in [-0.39, 0.29) is 0 Å². The molecule has 3 rings (SSSR count). The van der Waals surface area contributed by atoms with Crippen LogP contribution in [0.25, 0.3) is 0 Å². The van der Waals surface area contributed by atoms with Gasteiger partial charge in [0.15, 0.2) is 0 Å². The van der Waals surface area contributed by atoms with Crippen molar-refractivity contribution in [3.63, 3.8) is 0 Å². The monoisotopic (exact) mass is 267 g/mol. The molecule has 2 aliphatic rings. The highest BCUT2D eigenvalue weighted by molar-refractivity contribution is 6.09. The fourth-order valence-electron chi connectivity index (χ4n) is 2.69. The molecule has 2 heterocycles. The molecule has 0 spiro atoms. The number of aliphatic imine (C=N–C) groups is 1. The van der Waals surface area contributed by atoms with Crippen molar-refractivity contribution in [2.75, 3.05) is 19.6 Å². The van der Waals surface area contributed by atoms with Crippen molar-refractivity contribution in [3.05, 3.63) is 59.9 Å². The largest absolute Gasteiger partial charge is 0.352 e. The molecule has 0 unspecified atom stereocenters. The number of piperazine rings is 1. The van der Waals surface area contributed by atoms with Crippen molar-refractivity contribution < 1.29 is 0 Å². The molecule has 3 heteroatoms. The number of nitrogens with one attached hydrogen (secondary N) is 1. The van der Waals surface area contributed by atoms with Gasteiger partial charge in [0.05, 0.1) is 5.71 Å². The zero-order chi connectivity index (χ0) is 13.8. The summed E-state index contributed by atoms with van der Waals surface area (Å²) in [6.07, 6.45) is 7.50. The van der Waals surface area contributed by atoms with Crippen LogP contribution < -0.4 is 5.32 Å². The van der Waals surface area contributed by atoms with Crippen LogP contribution in [0.2, 0.25) is 0 Å². The van der Waals surface area contributed by atoms with E-state index in [4.69, 9.17) is 4.99 Å². The molecule has 1 atom stereocenters. The Morgan fingerprint density at radius 1 is 1.25 bits per heavy atom. The van der Waals surface area contributed by atoms with Crippen LogP contribution in [-0.4, -0.2) is 36.3 Å². The lowest BCUT2D eigenvalue weighted by Gasteiger charge is -2.35. The van der Waals surface area contributed by atoms with Gasteiger partial charge < -0.3 is 10.2 Å².